The van der Waals surface area contributed by atoms with E-state index < -0.39 is 17.6 Å². The van der Waals surface area contributed by atoms with Gasteiger partial charge in [-0.05, 0) is 32.0 Å². The summed E-state index contributed by atoms with van der Waals surface area (Å²) in [5.41, 5.74) is -0.753. The van der Waals surface area contributed by atoms with E-state index in [1.54, 1.807) is 7.05 Å². The van der Waals surface area contributed by atoms with Crippen molar-refractivity contribution in [1.29, 1.82) is 0 Å². The lowest BCUT2D eigenvalue weighted by molar-refractivity contribution is -0.862. The number of likely N-dealkylation sites (N-methyl/N-ethyl adjacent to an activating group) is 1. The van der Waals surface area contributed by atoms with Crippen molar-refractivity contribution in [2.45, 2.75) is 26.1 Å². The monoisotopic (exact) mass is 332 g/mol. The van der Waals surface area contributed by atoms with E-state index in [0.29, 0.717) is 4.90 Å². The summed E-state index contributed by atoms with van der Waals surface area (Å²) in [4.78, 5) is 24.0. The van der Waals surface area contributed by atoms with Crippen molar-refractivity contribution < 1.29 is 27.7 Å². The van der Waals surface area contributed by atoms with Crippen LogP contribution >= 0.6 is 0 Å². The molecule has 0 saturated heterocycles. The fourth-order valence-corrected chi connectivity index (χ4v) is 1.96. The van der Waals surface area contributed by atoms with Crippen molar-refractivity contribution in [1.82, 2.24) is 5.32 Å². The molecule has 1 aromatic carbocycles. The van der Waals surface area contributed by atoms with Gasteiger partial charge in [0.15, 0.2) is 13.1 Å². The largest absolute Gasteiger partial charge is 0.416 e. The summed E-state index contributed by atoms with van der Waals surface area (Å²) >= 11 is 0. The summed E-state index contributed by atoms with van der Waals surface area (Å²) in [5, 5.41) is 5.11. The van der Waals surface area contributed by atoms with Gasteiger partial charge in [0.1, 0.15) is 0 Å². The number of carbonyl (C=O) groups excluding carboxylic acids is 2. The van der Waals surface area contributed by atoms with E-state index in [-0.39, 0.29) is 30.7 Å². The first-order valence-corrected chi connectivity index (χ1v) is 7.15. The Labute approximate surface area is 132 Å². The summed E-state index contributed by atoms with van der Waals surface area (Å²) in [5.74, 6) is -0.649. The van der Waals surface area contributed by atoms with Crippen LogP contribution in [0.4, 0.5) is 18.9 Å². The van der Waals surface area contributed by atoms with E-state index in [1.165, 1.54) is 12.1 Å². The zero-order chi connectivity index (χ0) is 17.6. The molecule has 0 heterocycles. The fourth-order valence-electron chi connectivity index (χ4n) is 1.96. The number of alkyl halides is 3. The van der Waals surface area contributed by atoms with Crippen molar-refractivity contribution in [2.24, 2.45) is 0 Å². The molecule has 0 fully saturated rings. The number of nitrogens with one attached hydrogen (secondary N) is 3. The zero-order valence-electron chi connectivity index (χ0n) is 13.3. The molecule has 0 saturated carbocycles. The van der Waals surface area contributed by atoms with Gasteiger partial charge in [-0.15, -0.1) is 0 Å². The van der Waals surface area contributed by atoms with E-state index in [1.807, 2.05) is 13.8 Å². The van der Waals surface area contributed by atoms with Crippen LogP contribution < -0.4 is 15.5 Å². The number of hydrogen-bond donors (Lipinski definition) is 3. The Balaban J connectivity index is 2.55. The number of anilines is 1. The molecule has 0 spiro atoms. The molecule has 1 aromatic rings. The Hall–Kier alpha value is -2.09. The average molecular weight is 332 g/mol. The molecule has 0 bridgehead atoms. The molecule has 0 aliphatic carbocycles. The summed E-state index contributed by atoms with van der Waals surface area (Å²) in [7, 11) is 1.66. The highest BCUT2D eigenvalue weighted by Gasteiger charge is 2.30. The van der Waals surface area contributed by atoms with Crippen LogP contribution in [0.3, 0.4) is 0 Å². The molecule has 1 unspecified atom stereocenters. The number of amides is 2. The van der Waals surface area contributed by atoms with Crippen molar-refractivity contribution in [3.05, 3.63) is 29.8 Å². The Bertz CT molecular complexity index is 559. The normalized spacial score (nSPS) is 12.8. The van der Waals surface area contributed by atoms with E-state index >= 15 is 0 Å². The smallest absolute Gasteiger partial charge is 0.349 e. The van der Waals surface area contributed by atoms with Gasteiger partial charge in [-0.2, -0.15) is 13.2 Å². The minimum absolute atomic E-state index is 0.00855. The van der Waals surface area contributed by atoms with Gasteiger partial charge >= 0.3 is 6.18 Å². The Kier molecular flexibility index (Phi) is 6.56. The number of hydrogen-bond acceptors (Lipinski definition) is 2. The second kappa shape index (κ2) is 7.96. The third kappa shape index (κ3) is 7.14. The van der Waals surface area contributed by atoms with Crippen LogP contribution in [0, 0.1) is 0 Å². The second-order valence-electron chi connectivity index (χ2n) is 5.66. The molecule has 0 radical (unpaired) electrons. The van der Waals surface area contributed by atoms with Gasteiger partial charge in [0, 0.05) is 11.7 Å². The van der Waals surface area contributed by atoms with Gasteiger partial charge < -0.3 is 15.5 Å². The van der Waals surface area contributed by atoms with Gasteiger partial charge in [0.2, 0.25) is 0 Å². The SMILES string of the molecule is CC(C)NC(=O)C[NH+](C)CC(=O)Nc1cccc(C(F)(F)F)c1. The molecule has 1 atom stereocenters. The second-order valence-corrected chi connectivity index (χ2v) is 5.66. The topological polar surface area (TPSA) is 62.6 Å². The summed E-state index contributed by atoms with van der Waals surface area (Å²) in [6.45, 7) is 3.73. The predicted molar refractivity (Wildman–Crippen MR) is 80.0 cm³/mol. The number of rotatable bonds is 6. The average Bonchev–Trinajstić information content (AvgIpc) is 2.36. The van der Waals surface area contributed by atoms with Gasteiger partial charge in [0.25, 0.3) is 11.8 Å². The number of carbonyl (C=O) groups is 2. The van der Waals surface area contributed by atoms with Crippen LogP contribution in [0.2, 0.25) is 0 Å². The molecular formula is C15H21F3N3O2+. The first kappa shape index (κ1) is 19.0. The van der Waals surface area contributed by atoms with Crippen molar-refractivity contribution >= 4 is 17.5 Å². The maximum Gasteiger partial charge on any atom is 0.416 e. The van der Waals surface area contributed by atoms with Gasteiger partial charge in [-0.25, -0.2) is 0 Å². The Morgan fingerprint density at radius 2 is 1.78 bits per heavy atom. The third-order valence-electron chi connectivity index (χ3n) is 2.85. The van der Waals surface area contributed by atoms with Crippen LogP contribution in [0.15, 0.2) is 24.3 Å². The van der Waals surface area contributed by atoms with Gasteiger partial charge in [-0.1, -0.05) is 6.07 Å². The highest BCUT2D eigenvalue weighted by Crippen LogP contribution is 2.30. The van der Waals surface area contributed by atoms with Crippen LogP contribution in [0.1, 0.15) is 19.4 Å². The summed E-state index contributed by atoms with van der Waals surface area (Å²) in [6, 6.07) is 4.43. The summed E-state index contributed by atoms with van der Waals surface area (Å²) < 4.78 is 37.8. The lowest BCUT2D eigenvalue weighted by Gasteiger charge is -2.15. The Morgan fingerprint density at radius 1 is 1.17 bits per heavy atom. The molecule has 3 N–H and O–H groups in total. The quantitative estimate of drug-likeness (QED) is 0.718. The van der Waals surface area contributed by atoms with Crippen LogP contribution in [0.5, 0.6) is 0 Å². The molecular weight excluding hydrogens is 311 g/mol. The van der Waals surface area contributed by atoms with E-state index in [2.05, 4.69) is 10.6 Å². The van der Waals surface area contributed by atoms with E-state index in [4.69, 9.17) is 0 Å². The number of benzene rings is 1. The lowest BCUT2D eigenvalue weighted by atomic mass is 10.2. The fraction of sp³-hybridized carbons (Fsp3) is 0.467. The molecule has 128 valence electrons. The molecule has 1 rings (SSSR count). The number of halogens is 3. The van der Waals surface area contributed by atoms with Crippen LogP contribution in [-0.2, 0) is 15.8 Å². The zero-order valence-corrected chi connectivity index (χ0v) is 13.3. The molecule has 5 nitrogen and oxygen atoms in total. The van der Waals surface area contributed by atoms with E-state index in [9.17, 15) is 22.8 Å². The first-order chi connectivity index (χ1) is 10.6. The molecule has 0 aliphatic heterocycles. The predicted octanol–water partition coefficient (Wildman–Crippen LogP) is 0.683. The highest BCUT2D eigenvalue weighted by atomic mass is 19.4. The molecule has 8 heteroatoms. The maximum atomic E-state index is 12.6. The van der Waals surface area contributed by atoms with Crippen molar-refractivity contribution in [3.63, 3.8) is 0 Å². The van der Waals surface area contributed by atoms with Gasteiger partial charge in [-0.3, -0.25) is 9.59 Å². The molecule has 0 aromatic heterocycles. The molecule has 23 heavy (non-hydrogen) atoms. The van der Waals surface area contributed by atoms with E-state index in [0.717, 1.165) is 12.1 Å². The van der Waals surface area contributed by atoms with Crippen molar-refractivity contribution in [2.75, 3.05) is 25.5 Å². The number of quaternary nitrogens is 1. The minimum atomic E-state index is -4.46. The van der Waals surface area contributed by atoms with Gasteiger partial charge in [0.05, 0.1) is 12.6 Å². The lowest BCUT2D eigenvalue weighted by Crippen LogP contribution is -3.11. The van der Waals surface area contributed by atoms with Crippen LogP contribution in [0.25, 0.3) is 0 Å². The summed E-state index contributed by atoms with van der Waals surface area (Å²) in [6.07, 6.45) is -4.46. The van der Waals surface area contributed by atoms with Crippen LogP contribution in [-0.4, -0.2) is 38.0 Å². The maximum absolute atomic E-state index is 12.6. The highest BCUT2D eigenvalue weighted by molar-refractivity contribution is 5.91. The molecule has 2 amide bonds. The van der Waals surface area contributed by atoms with Crippen molar-refractivity contribution in [3.8, 4) is 0 Å². The molecule has 0 aliphatic rings. The minimum Gasteiger partial charge on any atom is -0.349 e. The third-order valence-corrected chi connectivity index (χ3v) is 2.85. The standard InChI is InChI=1S/C15H20F3N3O2/c1-10(2)19-13(22)8-21(3)9-14(23)20-12-6-4-5-11(7-12)15(16,17)18/h4-7,10H,8-9H2,1-3H3,(H,19,22)(H,20,23)/p+1. The first-order valence-electron chi connectivity index (χ1n) is 7.15. The Morgan fingerprint density at radius 3 is 2.35 bits per heavy atom.